The number of aromatic nitrogens is 2. The highest BCUT2D eigenvalue weighted by Gasteiger charge is 2.35. The highest BCUT2D eigenvalue weighted by atomic mass is 32.2. The van der Waals surface area contributed by atoms with Crippen LogP contribution >= 0.6 is 11.8 Å². The van der Waals surface area contributed by atoms with Gasteiger partial charge in [0.2, 0.25) is 0 Å². The summed E-state index contributed by atoms with van der Waals surface area (Å²) in [6, 6.07) is 0. The molecule has 2 rings (SSSR count). The smallest absolute Gasteiger partial charge is 0.122 e. The maximum absolute atomic E-state index is 6.02. The number of aryl methyl sites for hydroxylation is 1. The summed E-state index contributed by atoms with van der Waals surface area (Å²) in [5.74, 6) is 3.53. The molecule has 1 aliphatic heterocycles. The van der Waals surface area contributed by atoms with Crippen LogP contribution < -0.4 is 5.73 Å². The molecule has 1 aromatic heterocycles. The van der Waals surface area contributed by atoms with Crippen LogP contribution in [0.1, 0.15) is 18.7 Å². The Kier molecular flexibility index (Phi) is 4.12. The molecule has 1 unspecified atom stereocenters. The molecule has 0 amide bonds. The number of imidazole rings is 1. The number of nitrogens with zero attached hydrogens (tertiary/aromatic N) is 3. The van der Waals surface area contributed by atoms with E-state index in [1.54, 1.807) is 0 Å². The third-order valence-corrected chi connectivity index (χ3v) is 5.11. The van der Waals surface area contributed by atoms with Crippen LogP contribution in [-0.2, 0) is 13.6 Å². The summed E-state index contributed by atoms with van der Waals surface area (Å²) >= 11 is 2.02. The van der Waals surface area contributed by atoms with Crippen LogP contribution in [-0.4, -0.2) is 45.1 Å². The summed E-state index contributed by atoms with van der Waals surface area (Å²) in [6.07, 6.45) is 6.33. The molecule has 0 radical (unpaired) electrons. The molecular weight excluding hydrogens is 232 g/mol. The molecule has 2 heterocycles. The van der Waals surface area contributed by atoms with Gasteiger partial charge in [0.15, 0.2) is 0 Å². The lowest BCUT2D eigenvalue weighted by Gasteiger charge is -2.43. The van der Waals surface area contributed by atoms with E-state index < -0.39 is 0 Å². The third kappa shape index (κ3) is 2.67. The number of rotatable bonds is 4. The van der Waals surface area contributed by atoms with Crippen molar-refractivity contribution < 1.29 is 0 Å². The molecule has 0 aliphatic carbocycles. The standard InChI is InChI=1S/C12H22N4S/c1-15-6-5-14-11(15)8-16(2)12(9-13)4-3-7-17-10-12/h5-6H,3-4,7-10,13H2,1-2H3. The van der Waals surface area contributed by atoms with Gasteiger partial charge < -0.3 is 10.3 Å². The first-order chi connectivity index (χ1) is 8.18. The molecule has 1 saturated heterocycles. The van der Waals surface area contributed by atoms with Crippen LogP contribution in [0.4, 0.5) is 0 Å². The zero-order chi connectivity index (χ0) is 12.3. The Labute approximate surface area is 108 Å². The van der Waals surface area contributed by atoms with Gasteiger partial charge in [-0.1, -0.05) is 0 Å². The molecule has 2 N–H and O–H groups in total. The SMILES string of the molecule is CN(Cc1nccn1C)C1(CN)CCCSC1. The molecule has 0 saturated carbocycles. The van der Waals surface area contributed by atoms with Gasteiger partial charge in [0.25, 0.3) is 0 Å². The Hall–Kier alpha value is -0.520. The van der Waals surface area contributed by atoms with Crippen molar-refractivity contribution in [2.75, 3.05) is 25.1 Å². The highest BCUT2D eigenvalue weighted by Crippen LogP contribution is 2.31. The van der Waals surface area contributed by atoms with Gasteiger partial charge in [0.05, 0.1) is 6.54 Å². The van der Waals surface area contributed by atoms with Crippen LogP contribution in [0.25, 0.3) is 0 Å². The van der Waals surface area contributed by atoms with Gasteiger partial charge in [-0.2, -0.15) is 11.8 Å². The Balaban J connectivity index is 2.07. The molecule has 5 heteroatoms. The normalized spacial score (nSPS) is 25.4. The molecule has 1 fully saturated rings. The maximum Gasteiger partial charge on any atom is 0.122 e. The van der Waals surface area contributed by atoms with Crippen molar-refractivity contribution >= 4 is 11.8 Å². The van der Waals surface area contributed by atoms with Crippen LogP contribution in [0.2, 0.25) is 0 Å². The van der Waals surface area contributed by atoms with Crippen molar-refractivity contribution in [3.05, 3.63) is 18.2 Å². The van der Waals surface area contributed by atoms with Crippen molar-refractivity contribution in [1.29, 1.82) is 0 Å². The lowest BCUT2D eigenvalue weighted by Crippen LogP contribution is -2.55. The van der Waals surface area contributed by atoms with Gasteiger partial charge in [-0.25, -0.2) is 4.98 Å². The quantitative estimate of drug-likeness (QED) is 0.873. The van der Waals surface area contributed by atoms with Gasteiger partial charge in [0.1, 0.15) is 5.82 Å². The lowest BCUT2D eigenvalue weighted by atomic mass is 9.93. The van der Waals surface area contributed by atoms with Gasteiger partial charge in [-0.05, 0) is 25.6 Å². The summed E-state index contributed by atoms with van der Waals surface area (Å²) in [4.78, 5) is 6.78. The minimum atomic E-state index is 0.162. The zero-order valence-electron chi connectivity index (χ0n) is 10.7. The van der Waals surface area contributed by atoms with Crippen molar-refractivity contribution in [2.45, 2.75) is 24.9 Å². The minimum Gasteiger partial charge on any atom is -0.337 e. The van der Waals surface area contributed by atoms with Crippen LogP contribution in [0.3, 0.4) is 0 Å². The summed E-state index contributed by atoms with van der Waals surface area (Å²) in [5.41, 5.74) is 6.19. The number of likely N-dealkylation sites (N-methyl/N-ethyl adjacent to an activating group) is 1. The molecule has 0 aromatic carbocycles. The summed E-state index contributed by atoms with van der Waals surface area (Å²) < 4.78 is 2.08. The van der Waals surface area contributed by atoms with Crippen LogP contribution in [0, 0.1) is 0 Å². The second kappa shape index (κ2) is 5.42. The topological polar surface area (TPSA) is 47.1 Å². The summed E-state index contributed by atoms with van der Waals surface area (Å²) in [6.45, 7) is 1.61. The fourth-order valence-corrected chi connectivity index (χ4v) is 3.74. The number of hydrogen-bond donors (Lipinski definition) is 1. The predicted molar refractivity (Wildman–Crippen MR) is 73.0 cm³/mol. The maximum atomic E-state index is 6.02. The number of thioether (sulfide) groups is 1. The van der Waals surface area contributed by atoms with E-state index in [0.717, 1.165) is 24.7 Å². The monoisotopic (exact) mass is 254 g/mol. The van der Waals surface area contributed by atoms with Crippen LogP contribution in [0.15, 0.2) is 12.4 Å². The van der Waals surface area contributed by atoms with Gasteiger partial charge in [0, 0.05) is 37.3 Å². The number of nitrogens with two attached hydrogens (primary N) is 1. The Bertz CT molecular complexity index is 357. The largest absolute Gasteiger partial charge is 0.337 e. The van der Waals surface area contributed by atoms with E-state index in [9.17, 15) is 0 Å². The van der Waals surface area contributed by atoms with Crippen molar-refractivity contribution in [3.8, 4) is 0 Å². The molecule has 0 spiro atoms. The first kappa shape index (κ1) is 12.9. The van der Waals surface area contributed by atoms with Crippen molar-refractivity contribution in [3.63, 3.8) is 0 Å². The zero-order valence-corrected chi connectivity index (χ0v) is 11.5. The average Bonchev–Trinajstić information content (AvgIpc) is 2.76. The van der Waals surface area contributed by atoms with E-state index in [1.807, 2.05) is 31.2 Å². The van der Waals surface area contributed by atoms with E-state index in [0.29, 0.717) is 0 Å². The van der Waals surface area contributed by atoms with Crippen molar-refractivity contribution in [1.82, 2.24) is 14.5 Å². The summed E-state index contributed by atoms with van der Waals surface area (Å²) in [5, 5.41) is 0. The van der Waals surface area contributed by atoms with Crippen LogP contribution in [0.5, 0.6) is 0 Å². The molecule has 1 atom stereocenters. The first-order valence-corrected chi connectivity index (χ1v) is 7.29. The second-order valence-corrected chi connectivity index (χ2v) is 6.00. The predicted octanol–water partition coefficient (Wildman–Crippen LogP) is 1.08. The third-order valence-electron chi connectivity index (χ3n) is 3.79. The highest BCUT2D eigenvalue weighted by molar-refractivity contribution is 7.99. The second-order valence-electron chi connectivity index (χ2n) is 4.90. The molecule has 0 bridgehead atoms. The molecule has 17 heavy (non-hydrogen) atoms. The molecule has 1 aromatic rings. The Morgan fingerprint density at radius 3 is 3.00 bits per heavy atom. The molecule has 96 valence electrons. The van der Waals surface area contributed by atoms with E-state index in [2.05, 4.69) is 21.5 Å². The van der Waals surface area contributed by atoms with Crippen molar-refractivity contribution in [2.24, 2.45) is 12.8 Å². The molecule has 4 nitrogen and oxygen atoms in total. The first-order valence-electron chi connectivity index (χ1n) is 6.13. The van der Waals surface area contributed by atoms with E-state index in [4.69, 9.17) is 5.73 Å². The van der Waals surface area contributed by atoms with Gasteiger partial charge >= 0.3 is 0 Å². The van der Waals surface area contributed by atoms with Gasteiger partial charge in [-0.3, -0.25) is 4.90 Å². The molecular formula is C12H22N4S. The van der Waals surface area contributed by atoms with E-state index >= 15 is 0 Å². The fraction of sp³-hybridized carbons (Fsp3) is 0.750. The fourth-order valence-electron chi connectivity index (χ4n) is 2.38. The minimum absolute atomic E-state index is 0.162. The summed E-state index contributed by atoms with van der Waals surface area (Å²) in [7, 11) is 4.22. The molecule has 1 aliphatic rings. The Morgan fingerprint density at radius 2 is 2.47 bits per heavy atom. The Morgan fingerprint density at radius 1 is 1.65 bits per heavy atom. The van der Waals surface area contributed by atoms with Gasteiger partial charge in [-0.15, -0.1) is 0 Å². The van der Waals surface area contributed by atoms with E-state index in [-0.39, 0.29) is 5.54 Å². The average molecular weight is 254 g/mol. The van der Waals surface area contributed by atoms with E-state index in [1.165, 1.54) is 18.6 Å². The lowest BCUT2D eigenvalue weighted by molar-refractivity contribution is 0.123. The number of hydrogen-bond acceptors (Lipinski definition) is 4.